The van der Waals surface area contributed by atoms with E-state index in [0.717, 1.165) is 12.8 Å². The van der Waals surface area contributed by atoms with Crippen LogP contribution in [0.15, 0.2) is 0 Å². The molecule has 26 heavy (non-hydrogen) atoms. The van der Waals surface area contributed by atoms with E-state index in [9.17, 15) is 19.2 Å². The first-order valence-corrected chi connectivity index (χ1v) is 8.93. The highest BCUT2D eigenvalue weighted by Crippen LogP contribution is 2.01. The van der Waals surface area contributed by atoms with Gasteiger partial charge in [0.25, 0.3) is 0 Å². The van der Waals surface area contributed by atoms with Gasteiger partial charge in [-0.25, -0.2) is 0 Å². The van der Waals surface area contributed by atoms with Crippen molar-refractivity contribution < 1.29 is 19.2 Å². The first-order chi connectivity index (χ1) is 12.2. The summed E-state index contributed by atoms with van der Waals surface area (Å²) < 4.78 is 0. The third-order valence-corrected chi connectivity index (χ3v) is 3.59. The summed E-state index contributed by atoms with van der Waals surface area (Å²) in [5.41, 5.74) is 0. The molecule has 0 aliphatic heterocycles. The van der Waals surface area contributed by atoms with Crippen LogP contribution < -0.4 is 21.3 Å². The minimum atomic E-state index is -0.113. The quantitative estimate of drug-likeness (QED) is 0.309. The van der Waals surface area contributed by atoms with Gasteiger partial charge in [0.2, 0.25) is 23.6 Å². The predicted molar refractivity (Wildman–Crippen MR) is 99.3 cm³/mol. The van der Waals surface area contributed by atoms with E-state index in [1.807, 2.05) is 0 Å². The lowest BCUT2D eigenvalue weighted by Crippen LogP contribution is -2.47. The highest BCUT2D eigenvalue weighted by Gasteiger charge is 2.15. The normalized spacial score (nSPS) is 11.6. The second-order valence-electron chi connectivity index (χ2n) is 6.29. The highest BCUT2D eigenvalue weighted by molar-refractivity contribution is 5.73. The summed E-state index contributed by atoms with van der Waals surface area (Å²) in [6.07, 6.45) is 1.46. The van der Waals surface area contributed by atoms with E-state index in [0.29, 0.717) is 39.3 Å². The molecule has 0 aromatic carbocycles. The van der Waals surface area contributed by atoms with Crippen molar-refractivity contribution in [2.75, 3.05) is 39.3 Å². The minimum Gasteiger partial charge on any atom is -0.356 e. The van der Waals surface area contributed by atoms with Crippen LogP contribution in [0.4, 0.5) is 0 Å². The molecule has 4 N–H and O–H groups in total. The molecule has 4 amide bonds. The Hall–Kier alpha value is -2.16. The van der Waals surface area contributed by atoms with E-state index in [1.165, 1.54) is 27.7 Å². The van der Waals surface area contributed by atoms with Crippen molar-refractivity contribution in [1.82, 2.24) is 26.2 Å². The highest BCUT2D eigenvalue weighted by atomic mass is 16.2. The first-order valence-electron chi connectivity index (χ1n) is 8.93. The van der Waals surface area contributed by atoms with Crippen LogP contribution in [0.25, 0.3) is 0 Å². The summed E-state index contributed by atoms with van der Waals surface area (Å²) in [5, 5.41) is 11.2. The van der Waals surface area contributed by atoms with Crippen molar-refractivity contribution in [2.24, 2.45) is 0 Å². The zero-order valence-electron chi connectivity index (χ0n) is 16.3. The molecule has 0 bridgehead atoms. The van der Waals surface area contributed by atoms with E-state index in [-0.39, 0.29) is 29.7 Å². The van der Waals surface area contributed by atoms with Crippen molar-refractivity contribution in [1.29, 1.82) is 0 Å². The molecule has 0 spiro atoms. The van der Waals surface area contributed by atoms with Crippen molar-refractivity contribution in [2.45, 2.75) is 46.6 Å². The maximum absolute atomic E-state index is 11.5. The molecule has 9 heteroatoms. The summed E-state index contributed by atoms with van der Waals surface area (Å²) in [4.78, 5) is 46.6. The lowest BCUT2D eigenvalue weighted by Gasteiger charge is -2.28. The molecule has 0 saturated heterocycles. The average molecular weight is 371 g/mol. The molecule has 1 unspecified atom stereocenters. The largest absolute Gasteiger partial charge is 0.356 e. The maximum atomic E-state index is 11.5. The van der Waals surface area contributed by atoms with Gasteiger partial charge in [-0.1, -0.05) is 0 Å². The van der Waals surface area contributed by atoms with Crippen LogP contribution in [0.3, 0.4) is 0 Å². The van der Waals surface area contributed by atoms with Crippen LogP contribution in [-0.2, 0) is 19.2 Å². The number of carbonyl (C=O) groups is 4. The summed E-state index contributed by atoms with van der Waals surface area (Å²) in [6, 6.07) is -0.0732. The van der Waals surface area contributed by atoms with Crippen molar-refractivity contribution in [3.8, 4) is 0 Å². The van der Waals surface area contributed by atoms with Crippen molar-refractivity contribution in [3.63, 3.8) is 0 Å². The monoisotopic (exact) mass is 371 g/mol. The van der Waals surface area contributed by atoms with Gasteiger partial charge in [0.05, 0.1) is 0 Å². The van der Waals surface area contributed by atoms with Crippen LogP contribution >= 0.6 is 0 Å². The second-order valence-corrected chi connectivity index (χ2v) is 6.29. The van der Waals surface area contributed by atoms with Gasteiger partial charge in [-0.15, -0.1) is 0 Å². The molecule has 0 fully saturated rings. The number of hydrogen-bond acceptors (Lipinski definition) is 5. The third-order valence-electron chi connectivity index (χ3n) is 3.59. The topological polar surface area (TPSA) is 120 Å². The Morgan fingerprint density at radius 1 is 0.731 bits per heavy atom. The Morgan fingerprint density at radius 3 is 1.62 bits per heavy atom. The SMILES string of the molecule is CC(=O)NCCCC(CN(CCNC(C)=O)CCNC(C)=O)NC(C)=O. The summed E-state index contributed by atoms with van der Waals surface area (Å²) in [5.74, 6) is -0.382. The number of amides is 4. The number of carbonyl (C=O) groups excluding carboxylic acids is 4. The summed E-state index contributed by atoms with van der Waals surface area (Å²) in [7, 11) is 0. The van der Waals surface area contributed by atoms with Gasteiger partial charge >= 0.3 is 0 Å². The number of nitrogens with zero attached hydrogens (tertiary/aromatic N) is 1. The zero-order chi connectivity index (χ0) is 19.9. The van der Waals surface area contributed by atoms with Gasteiger partial charge < -0.3 is 21.3 Å². The number of hydrogen-bond donors (Lipinski definition) is 4. The number of nitrogens with one attached hydrogen (secondary N) is 4. The summed E-state index contributed by atoms with van der Waals surface area (Å²) in [6.45, 7) is 9.23. The molecule has 0 saturated carbocycles. The van der Waals surface area contributed by atoms with Gasteiger partial charge in [-0.05, 0) is 12.8 Å². The Kier molecular flexibility index (Phi) is 12.9. The van der Waals surface area contributed by atoms with Gasteiger partial charge in [-0.3, -0.25) is 24.1 Å². The first kappa shape index (κ1) is 23.8. The van der Waals surface area contributed by atoms with Crippen LogP contribution in [0.5, 0.6) is 0 Å². The lowest BCUT2D eigenvalue weighted by atomic mass is 10.1. The van der Waals surface area contributed by atoms with E-state index in [1.54, 1.807) is 0 Å². The van der Waals surface area contributed by atoms with E-state index in [2.05, 4.69) is 26.2 Å². The van der Waals surface area contributed by atoms with E-state index in [4.69, 9.17) is 0 Å². The van der Waals surface area contributed by atoms with Crippen LogP contribution in [-0.4, -0.2) is 73.8 Å². The summed E-state index contributed by atoms with van der Waals surface area (Å²) >= 11 is 0. The Labute approximate surface area is 155 Å². The molecule has 0 aromatic heterocycles. The smallest absolute Gasteiger partial charge is 0.217 e. The van der Waals surface area contributed by atoms with Crippen LogP contribution in [0.1, 0.15) is 40.5 Å². The van der Waals surface area contributed by atoms with Crippen molar-refractivity contribution >= 4 is 23.6 Å². The fourth-order valence-corrected chi connectivity index (χ4v) is 2.50. The van der Waals surface area contributed by atoms with E-state index >= 15 is 0 Å². The molecular weight excluding hydrogens is 338 g/mol. The van der Waals surface area contributed by atoms with Crippen molar-refractivity contribution in [3.05, 3.63) is 0 Å². The molecule has 0 aliphatic carbocycles. The third kappa shape index (κ3) is 15.4. The fourth-order valence-electron chi connectivity index (χ4n) is 2.50. The van der Waals surface area contributed by atoms with Gasteiger partial charge in [0.1, 0.15) is 0 Å². The average Bonchev–Trinajstić information content (AvgIpc) is 2.49. The molecule has 1 atom stereocenters. The lowest BCUT2D eigenvalue weighted by molar-refractivity contribution is -0.120. The van der Waals surface area contributed by atoms with Gasteiger partial charge in [-0.2, -0.15) is 0 Å². The van der Waals surface area contributed by atoms with Gasteiger partial charge in [0.15, 0.2) is 0 Å². The fraction of sp³-hybridized carbons (Fsp3) is 0.765. The second kappa shape index (κ2) is 14.1. The predicted octanol–water partition coefficient (Wildman–Crippen LogP) is -1.02. The van der Waals surface area contributed by atoms with Gasteiger partial charge in [0, 0.05) is 73.0 Å². The Balaban J connectivity index is 4.60. The molecule has 0 heterocycles. The molecule has 0 rings (SSSR count). The Morgan fingerprint density at radius 2 is 1.19 bits per heavy atom. The standard InChI is InChI=1S/C17H33N5O4/c1-13(23)18-7-5-6-17(21-16(4)26)12-22(10-8-19-14(2)24)11-9-20-15(3)25/h17H,5-12H2,1-4H3,(H,18,23)(H,19,24)(H,20,25)(H,21,26). The van der Waals surface area contributed by atoms with Crippen LogP contribution in [0.2, 0.25) is 0 Å². The molecule has 150 valence electrons. The van der Waals surface area contributed by atoms with E-state index < -0.39 is 0 Å². The molecule has 0 radical (unpaired) electrons. The molecule has 9 nitrogen and oxygen atoms in total. The maximum Gasteiger partial charge on any atom is 0.217 e. The Bertz CT molecular complexity index is 450. The molecule has 0 aliphatic rings. The molecular formula is C17H33N5O4. The zero-order valence-corrected chi connectivity index (χ0v) is 16.3. The number of rotatable bonds is 13. The van der Waals surface area contributed by atoms with Crippen LogP contribution in [0, 0.1) is 0 Å². The minimum absolute atomic E-state index is 0.0732. The molecule has 0 aromatic rings.